The molecule has 286 valence electrons. The molecule has 4 aromatic rings. The molecule has 3 nitrogen and oxygen atoms in total. The Hall–Kier alpha value is -2.32. The van der Waals surface area contributed by atoms with Gasteiger partial charge in [0, 0.05) is 30.9 Å². The Kier molecular flexibility index (Phi) is 14.1. The van der Waals surface area contributed by atoms with Gasteiger partial charge < -0.3 is 0 Å². The van der Waals surface area contributed by atoms with Crippen molar-refractivity contribution in [1.29, 1.82) is 0 Å². The highest BCUT2D eigenvalue weighted by atomic mass is 32.1. The van der Waals surface area contributed by atoms with E-state index in [0.29, 0.717) is 23.6 Å². The van der Waals surface area contributed by atoms with Gasteiger partial charge in [-0.2, -0.15) is 0 Å². The van der Waals surface area contributed by atoms with Gasteiger partial charge in [0.15, 0.2) is 8.07 Å². The van der Waals surface area contributed by atoms with E-state index < -0.39 is 8.07 Å². The molecule has 1 aromatic carbocycles. The summed E-state index contributed by atoms with van der Waals surface area (Å²) in [5.41, 5.74) is 2.81. The first kappa shape index (κ1) is 40.3. The SMILES string of the molecule is CCCCCCCCc1ccc([Si]2(CC(CC)CCCC)c3cc(C)sc3-c3sc(-c4sc(C)c5c4C(=O)N(CCCCCCCC)C5=O)cc32)cc1. The van der Waals surface area contributed by atoms with Gasteiger partial charge >= 0.3 is 0 Å². The van der Waals surface area contributed by atoms with Gasteiger partial charge in [0.2, 0.25) is 0 Å². The maximum Gasteiger partial charge on any atom is 0.263 e. The minimum absolute atomic E-state index is 0.0748. The number of aryl methyl sites for hydroxylation is 3. The number of carbonyl (C=O) groups is 2. The predicted molar refractivity (Wildman–Crippen MR) is 235 cm³/mol. The Morgan fingerprint density at radius 2 is 1.25 bits per heavy atom. The number of fused-ring (bicyclic) bond motifs is 4. The summed E-state index contributed by atoms with van der Waals surface area (Å²) in [5, 5.41) is 4.72. The smallest absolute Gasteiger partial charge is 0.263 e. The third-order valence-electron chi connectivity index (χ3n) is 12.1. The first-order valence-electron chi connectivity index (χ1n) is 21.1. The van der Waals surface area contributed by atoms with Gasteiger partial charge in [-0.05, 0) is 78.3 Å². The normalized spacial score (nSPS) is 16.8. The summed E-state index contributed by atoms with van der Waals surface area (Å²) in [6, 6.07) is 16.2. The van der Waals surface area contributed by atoms with Gasteiger partial charge in [0.05, 0.1) is 16.0 Å². The van der Waals surface area contributed by atoms with Gasteiger partial charge in [-0.25, -0.2) is 0 Å². The number of amides is 2. The van der Waals surface area contributed by atoms with E-state index in [1.807, 2.05) is 29.6 Å². The predicted octanol–water partition coefficient (Wildman–Crippen LogP) is 12.7. The highest BCUT2D eigenvalue weighted by Gasteiger charge is 2.51. The first-order valence-corrected chi connectivity index (χ1v) is 25.8. The molecule has 0 fully saturated rings. The fourth-order valence-electron chi connectivity index (χ4n) is 9.02. The maximum absolute atomic E-state index is 14.1. The topological polar surface area (TPSA) is 37.4 Å². The van der Waals surface area contributed by atoms with Crippen molar-refractivity contribution in [3.63, 3.8) is 0 Å². The van der Waals surface area contributed by atoms with E-state index in [1.54, 1.807) is 31.8 Å². The van der Waals surface area contributed by atoms with Gasteiger partial charge in [-0.3, -0.25) is 14.5 Å². The molecule has 6 rings (SSSR count). The highest BCUT2D eigenvalue weighted by Crippen LogP contribution is 2.48. The second kappa shape index (κ2) is 18.5. The monoisotopic (exact) mass is 785 g/mol. The summed E-state index contributed by atoms with van der Waals surface area (Å²) in [5.74, 6) is 0.522. The third-order valence-corrected chi connectivity index (χ3v) is 21.2. The summed E-state index contributed by atoms with van der Waals surface area (Å²) in [7, 11) is -2.38. The van der Waals surface area contributed by atoms with Crippen LogP contribution in [0.1, 0.15) is 166 Å². The lowest BCUT2D eigenvalue weighted by atomic mass is 10.0. The van der Waals surface area contributed by atoms with E-state index in [0.717, 1.165) is 29.0 Å². The van der Waals surface area contributed by atoms with Crippen molar-refractivity contribution in [3.05, 3.63) is 62.8 Å². The molecule has 0 saturated carbocycles. The molecule has 5 heterocycles. The van der Waals surface area contributed by atoms with Crippen LogP contribution in [0, 0.1) is 19.8 Å². The Morgan fingerprint density at radius 3 is 1.92 bits per heavy atom. The molecular weight excluding hydrogens is 723 g/mol. The number of benzene rings is 1. The van der Waals surface area contributed by atoms with E-state index in [-0.39, 0.29) is 11.8 Å². The van der Waals surface area contributed by atoms with Crippen molar-refractivity contribution in [3.8, 4) is 19.5 Å². The van der Waals surface area contributed by atoms with E-state index in [1.165, 1.54) is 121 Å². The van der Waals surface area contributed by atoms with Crippen LogP contribution in [-0.2, 0) is 6.42 Å². The second-order valence-corrected chi connectivity index (χ2v) is 23.4. The number of thiophene rings is 3. The van der Waals surface area contributed by atoms with Gasteiger partial charge in [0.1, 0.15) is 0 Å². The van der Waals surface area contributed by atoms with E-state index in [4.69, 9.17) is 0 Å². The molecule has 0 radical (unpaired) electrons. The molecular formula is C46H63NO2S3Si. The summed E-state index contributed by atoms with van der Waals surface area (Å²) in [6.45, 7) is 14.1. The van der Waals surface area contributed by atoms with Crippen LogP contribution in [-0.4, -0.2) is 31.3 Å². The average molecular weight is 786 g/mol. The van der Waals surface area contributed by atoms with Crippen LogP contribution in [0.2, 0.25) is 6.04 Å². The Labute approximate surface area is 333 Å². The van der Waals surface area contributed by atoms with Crippen LogP contribution in [0.15, 0.2) is 36.4 Å². The number of rotatable bonds is 22. The molecule has 3 aromatic heterocycles. The molecule has 2 amide bonds. The molecule has 7 heteroatoms. The number of nitrogens with zero attached hydrogens (tertiary/aromatic N) is 1. The summed E-state index contributed by atoms with van der Waals surface area (Å²) >= 11 is 5.52. The number of hydrogen-bond acceptors (Lipinski definition) is 5. The number of imide groups is 1. The average Bonchev–Trinajstić information content (AvgIpc) is 3.95. The second-order valence-electron chi connectivity index (χ2n) is 16.0. The zero-order chi connectivity index (χ0) is 37.5. The molecule has 53 heavy (non-hydrogen) atoms. The van der Waals surface area contributed by atoms with E-state index in [9.17, 15) is 9.59 Å². The zero-order valence-corrected chi connectivity index (χ0v) is 36.9. The Morgan fingerprint density at radius 1 is 0.642 bits per heavy atom. The minimum atomic E-state index is -2.38. The summed E-state index contributed by atoms with van der Waals surface area (Å²) in [4.78, 5) is 36.9. The molecule has 0 aliphatic carbocycles. The van der Waals surface area contributed by atoms with E-state index >= 15 is 0 Å². The molecule has 2 atom stereocenters. The fourth-order valence-corrected chi connectivity index (χ4v) is 19.7. The van der Waals surface area contributed by atoms with Crippen molar-refractivity contribution >= 4 is 69.5 Å². The fraction of sp³-hybridized carbons (Fsp3) is 0.565. The maximum atomic E-state index is 14.1. The molecule has 0 spiro atoms. The van der Waals surface area contributed by atoms with Crippen molar-refractivity contribution < 1.29 is 9.59 Å². The minimum Gasteiger partial charge on any atom is -0.274 e. The number of carbonyl (C=O) groups excluding carboxylic acids is 2. The van der Waals surface area contributed by atoms with Crippen LogP contribution in [0.4, 0.5) is 0 Å². The van der Waals surface area contributed by atoms with Gasteiger partial charge in [-0.15, -0.1) is 34.0 Å². The molecule has 0 N–H and O–H groups in total. The summed E-state index contributed by atoms with van der Waals surface area (Å²) in [6.07, 6.45) is 21.0. The largest absolute Gasteiger partial charge is 0.274 e. The third kappa shape index (κ3) is 8.29. The van der Waals surface area contributed by atoms with Crippen LogP contribution in [0.5, 0.6) is 0 Å². The standard InChI is InChI=1S/C46H63NO2S3Si/c1-7-11-14-16-18-20-23-35-24-26-36(27-25-35)53(31-34(10-4)22-13-9-3)38-29-32(5)50-43(38)44-39(53)30-37(52-44)42-41-40(33(6)51-42)45(48)47(46(41)49)28-21-19-17-15-12-8-2/h24-27,29-30,34H,7-23,28,31H2,1-6H3. The molecule has 2 aliphatic rings. The van der Waals surface area contributed by atoms with E-state index in [2.05, 4.69) is 71.0 Å². The molecule has 2 unspecified atom stereocenters. The van der Waals surface area contributed by atoms with Crippen LogP contribution in [0.25, 0.3) is 19.5 Å². The lowest BCUT2D eigenvalue weighted by Crippen LogP contribution is -2.65. The highest BCUT2D eigenvalue weighted by molar-refractivity contribution is 7.33. The van der Waals surface area contributed by atoms with Gasteiger partial charge in [0.25, 0.3) is 11.8 Å². The lowest BCUT2D eigenvalue weighted by Gasteiger charge is -2.33. The van der Waals surface area contributed by atoms with Gasteiger partial charge in [-0.1, -0.05) is 142 Å². The number of unbranched alkanes of at least 4 members (excludes halogenated alkanes) is 11. The summed E-state index contributed by atoms with van der Waals surface area (Å²) < 4.78 is 0. The zero-order valence-electron chi connectivity index (χ0n) is 33.5. The Bertz CT molecular complexity index is 1850. The van der Waals surface area contributed by atoms with Crippen molar-refractivity contribution in [2.24, 2.45) is 5.92 Å². The van der Waals surface area contributed by atoms with Crippen LogP contribution in [0.3, 0.4) is 0 Å². The van der Waals surface area contributed by atoms with Crippen molar-refractivity contribution in [2.45, 2.75) is 157 Å². The lowest BCUT2D eigenvalue weighted by molar-refractivity contribution is 0.0651. The molecule has 0 bridgehead atoms. The quantitative estimate of drug-likeness (QED) is 0.0452. The van der Waals surface area contributed by atoms with Crippen LogP contribution < -0.4 is 15.6 Å². The number of hydrogen-bond donors (Lipinski definition) is 0. The molecule has 2 aliphatic heterocycles. The Balaban J connectivity index is 1.36. The van der Waals surface area contributed by atoms with Crippen molar-refractivity contribution in [2.75, 3.05) is 6.54 Å². The van der Waals surface area contributed by atoms with Crippen LogP contribution >= 0.6 is 34.0 Å². The first-order chi connectivity index (χ1) is 25.8. The van der Waals surface area contributed by atoms with Crippen molar-refractivity contribution in [1.82, 2.24) is 4.90 Å². The molecule has 0 saturated heterocycles.